The van der Waals surface area contributed by atoms with E-state index in [1.54, 1.807) is 0 Å². The van der Waals surface area contributed by atoms with E-state index in [1.807, 2.05) is 0 Å². The summed E-state index contributed by atoms with van der Waals surface area (Å²) in [5.41, 5.74) is 0. The number of hydrogen-bond acceptors (Lipinski definition) is 10. The van der Waals surface area contributed by atoms with Gasteiger partial charge in [0.05, 0.1) is 13.2 Å². The second kappa shape index (κ2) is 34.1. The summed E-state index contributed by atoms with van der Waals surface area (Å²) in [6, 6.07) is 0. The van der Waals surface area contributed by atoms with Crippen LogP contribution in [0.15, 0.2) is 0 Å². The van der Waals surface area contributed by atoms with Crippen LogP contribution in [0.25, 0.3) is 0 Å². The average molecular weight is 759 g/mol. The Kier molecular flexibility index (Phi) is 32.1. The van der Waals surface area contributed by atoms with Gasteiger partial charge in [-0.05, 0) is 12.8 Å². The van der Waals surface area contributed by atoms with Gasteiger partial charge in [0.15, 0.2) is 24.3 Å². The lowest BCUT2D eigenvalue weighted by Crippen LogP contribution is -2.59. The largest absolute Gasteiger partial charge is 0.457 e. The first-order chi connectivity index (χ1) is 25.8. The molecule has 0 aromatic rings. The molecule has 1 heterocycles. The molecule has 10 nitrogen and oxygen atoms in total. The highest BCUT2D eigenvalue weighted by atomic mass is 16.7. The SMILES string of the molecule is CCCCCCCCCCCCCCCCCC(=O)OC(COC1O[C@@H](CO)[C@H](O)[C@@H](O)[C@@H]1O)C(O)C(=O)CCCCCCCCCCCCCCC. The second-order valence-corrected chi connectivity index (χ2v) is 15.7. The van der Waals surface area contributed by atoms with E-state index in [0.29, 0.717) is 12.8 Å². The number of Topliss-reactive ketones (excluding diaryl/α,β-unsaturated/α-hetero) is 1. The Balaban J connectivity index is 2.41. The Morgan fingerprint density at radius 3 is 1.32 bits per heavy atom. The molecule has 314 valence electrons. The van der Waals surface area contributed by atoms with Crippen LogP contribution in [0.4, 0.5) is 0 Å². The molecule has 10 heteroatoms. The smallest absolute Gasteiger partial charge is 0.306 e. The predicted molar refractivity (Wildman–Crippen MR) is 210 cm³/mol. The normalized spacial score (nSPS) is 21.5. The lowest BCUT2D eigenvalue weighted by molar-refractivity contribution is -0.306. The average Bonchev–Trinajstić information content (AvgIpc) is 3.16. The van der Waals surface area contributed by atoms with E-state index in [9.17, 15) is 35.1 Å². The number of hydrogen-bond donors (Lipinski definition) is 5. The summed E-state index contributed by atoms with van der Waals surface area (Å²) in [5.74, 6) is -0.995. The third kappa shape index (κ3) is 24.9. The van der Waals surface area contributed by atoms with Crippen molar-refractivity contribution >= 4 is 11.8 Å². The summed E-state index contributed by atoms with van der Waals surface area (Å²) in [4.78, 5) is 25.8. The van der Waals surface area contributed by atoms with Gasteiger partial charge in [0.2, 0.25) is 0 Å². The Hall–Kier alpha value is -1.14. The zero-order valence-corrected chi connectivity index (χ0v) is 33.9. The fourth-order valence-electron chi connectivity index (χ4n) is 7.13. The van der Waals surface area contributed by atoms with E-state index < -0.39 is 67.9 Å². The zero-order valence-electron chi connectivity index (χ0n) is 33.9. The molecule has 1 aliphatic heterocycles. The summed E-state index contributed by atoms with van der Waals surface area (Å²) >= 11 is 0. The quantitative estimate of drug-likeness (QED) is 0.0307. The van der Waals surface area contributed by atoms with Gasteiger partial charge in [-0.15, -0.1) is 0 Å². The topological polar surface area (TPSA) is 163 Å². The van der Waals surface area contributed by atoms with E-state index in [2.05, 4.69) is 13.8 Å². The monoisotopic (exact) mass is 759 g/mol. The van der Waals surface area contributed by atoms with E-state index in [-0.39, 0.29) is 12.8 Å². The van der Waals surface area contributed by atoms with Gasteiger partial charge in [0.25, 0.3) is 0 Å². The van der Waals surface area contributed by atoms with Crippen molar-refractivity contribution in [2.24, 2.45) is 0 Å². The van der Waals surface area contributed by atoms with Crippen LogP contribution >= 0.6 is 0 Å². The maximum atomic E-state index is 13.0. The van der Waals surface area contributed by atoms with Crippen LogP contribution in [-0.4, -0.2) is 93.4 Å². The van der Waals surface area contributed by atoms with E-state index in [0.717, 1.165) is 38.5 Å². The van der Waals surface area contributed by atoms with Crippen molar-refractivity contribution in [1.82, 2.24) is 0 Å². The third-order valence-corrected chi connectivity index (χ3v) is 10.7. The molecule has 1 rings (SSSR count). The van der Waals surface area contributed by atoms with Crippen LogP contribution in [-0.2, 0) is 23.8 Å². The number of ketones is 1. The number of ether oxygens (including phenoxy) is 3. The summed E-state index contributed by atoms with van der Waals surface area (Å²) < 4.78 is 16.6. The number of carbonyl (C=O) groups is 2. The molecule has 0 aromatic heterocycles. The molecule has 0 spiro atoms. The fraction of sp³-hybridized carbons (Fsp3) is 0.953. The molecule has 0 saturated carbocycles. The summed E-state index contributed by atoms with van der Waals surface area (Å²) in [5, 5.41) is 51.1. The summed E-state index contributed by atoms with van der Waals surface area (Å²) in [7, 11) is 0. The van der Waals surface area contributed by atoms with Gasteiger partial charge >= 0.3 is 5.97 Å². The van der Waals surface area contributed by atoms with Crippen molar-refractivity contribution < 1.29 is 49.3 Å². The van der Waals surface area contributed by atoms with Gasteiger partial charge in [0.1, 0.15) is 24.4 Å². The highest BCUT2D eigenvalue weighted by Crippen LogP contribution is 2.23. The van der Waals surface area contributed by atoms with Crippen molar-refractivity contribution in [3.05, 3.63) is 0 Å². The first-order valence-electron chi connectivity index (χ1n) is 22.1. The lowest BCUT2D eigenvalue weighted by atomic mass is 9.99. The van der Waals surface area contributed by atoms with Gasteiger partial charge in [-0.25, -0.2) is 0 Å². The molecule has 7 atom stereocenters. The Morgan fingerprint density at radius 1 is 0.547 bits per heavy atom. The number of aliphatic hydroxyl groups is 5. The molecular weight excluding hydrogens is 676 g/mol. The van der Waals surface area contributed by atoms with E-state index in [4.69, 9.17) is 14.2 Å². The minimum atomic E-state index is -1.65. The van der Waals surface area contributed by atoms with Crippen LogP contribution < -0.4 is 0 Å². The maximum absolute atomic E-state index is 13.0. The summed E-state index contributed by atoms with van der Waals surface area (Å²) in [6.07, 6.45) is 23.3. The highest BCUT2D eigenvalue weighted by molar-refractivity contribution is 5.83. The van der Waals surface area contributed by atoms with Crippen LogP contribution in [0, 0.1) is 0 Å². The number of esters is 1. The highest BCUT2D eigenvalue weighted by Gasteiger charge is 2.44. The molecule has 0 amide bonds. The van der Waals surface area contributed by atoms with Crippen molar-refractivity contribution in [3.8, 4) is 0 Å². The van der Waals surface area contributed by atoms with Crippen LogP contribution in [0.2, 0.25) is 0 Å². The predicted octanol–water partition coefficient (Wildman–Crippen LogP) is 8.39. The molecule has 0 radical (unpaired) electrons. The standard InChI is InChI=1S/C43H82O10/c1-3-5-7-9-11-13-15-17-18-20-22-24-26-28-30-32-38(46)52-37(34-51-43-42(50)41(49)40(48)36(33-44)53-43)39(47)35(45)31-29-27-25-23-21-19-16-14-12-10-8-6-4-2/h36-37,39-44,47-50H,3-34H2,1-2H3/t36-,37?,39?,40-,41+,42-,43?/m0/s1. The van der Waals surface area contributed by atoms with Crippen molar-refractivity contribution in [2.75, 3.05) is 13.2 Å². The van der Waals surface area contributed by atoms with Crippen LogP contribution in [0.5, 0.6) is 0 Å². The number of aliphatic hydroxyl groups excluding tert-OH is 5. The van der Waals surface area contributed by atoms with Crippen LogP contribution in [0.3, 0.4) is 0 Å². The maximum Gasteiger partial charge on any atom is 0.306 e. The van der Waals surface area contributed by atoms with Gasteiger partial charge in [-0.2, -0.15) is 0 Å². The Bertz CT molecular complexity index is 855. The van der Waals surface area contributed by atoms with Crippen molar-refractivity contribution in [3.63, 3.8) is 0 Å². The minimum Gasteiger partial charge on any atom is -0.457 e. The molecule has 1 fully saturated rings. The molecule has 0 aliphatic carbocycles. The van der Waals surface area contributed by atoms with Crippen LogP contribution in [0.1, 0.15) is 206 Å². The van der Waals surface area contributed by atoms with E-state index in [1.165, 1.54) is 128 Å². The Labute approximate surface area is 323 Å². The second-order valence-electron chi connectivity index (χ2n) is 15.7. The third-order valence-electron chi connectivity index (χ3n) is 10.7. The first kappa shape index (κ1) is 49.9. The molecule has 3 unspecified atom stereocenters. The lowest BCUT2D eigenvalue weighted by Gasteiger charge is -2.40. The van der Waals surface area contributed by atoms with Gasteiger partial charge < -0.3 is 39.7 Å². The summed E-state index contributed by atoms with van der Waals surface area (Å²) in [6.45, 7) is 3.39. The number of carbonyl (C=O) groups excluding carboxylic acids is 2. The molecule has 5 N–H and O–H groups in total. The fourth-order valence-corrected chi connectivity index (χ4v) is 7.13. The molecule has 1 saturated heterocycles. The molecule has 0 aromatic carbocycles. The van der Waals surface area contributed by atoms with Crippen molar-refractivity contribution in [2.45, 2.75) is 249 Å². The molecular formula is C43H82O10. The number of unbranched alkanes of at least 4 members (excludes halogenated alkanes) is 26. The van der Waals surface area contributed by atoms with Crippen molar-refractivity contribution in [1.29, 1.82) is 0 Å². The molecule has 0 bridgehead atoms. The molecule has 53 heavy (non-hydrogen) atoms. The number of rotatable bonds is 37. The minimum absolute atomic E-state index is 0.145. The van der Waals surface area contributed by atoms with Gasteiger partial charge in [-0.3, -0.25) is 9.59 Å². The zero-order chi connectivity index (χ0) is 38.9. The van der Waals surface area contributed by atoms with E-state index >= 15 is 0 Å². The van der Waals surface area contributed by atoms with Gasteiger partial charge in [0, 0.05) is 12.8 Å². The molecule has 1 aliphatic rings. The Morgan fingerprint density at radius 2 is 0.925 bits per heavy atom. The first-order valence-corrected chi connectivity index (χ1v) is 22.1. The van der Waals surface area contributed by atoms with Gasteiger partial charge in [-0.1, -0.05) is 181 Å².